The fraction of sp³-hybridized carbons (Fsp3) is 0.533. The van der Waals surface area contributed by atoms with Gasteiger partial charge in [-0.3, -0.25) is 4.79 Å². The Balaban J connectivity index is 0.00000264. The van der Waals surface area contributed by atoms with Crippen molar-refractivity contribution in [1.82, 2.24) is 0 Å². The van der Waals surface area contributed by atoms with E-state index in [1.807, 2.05) is 0 Å². The van der Waals surface area contributed by atoms with Crippen LogP contribution >= 0.6 is 12.4 Å². The van der Waals surface area contributed by atoms with E-state index in [1.54, 1.807) is 0 Å². The Morgan fingerprint density at radius 2 is 1.91 bits per heavy atom. The van der Waals surface area contributed by atoms with E-state index in [1.165, 1.54) is 18.2 Å². The molecule has 0 heterocycles. The Bertz CT molecular complexity index is 526. The van der Waals surface area contributed by atoms with Crippen molar-refractivity contribution in [2.45, 2.75) is 44.5 Å². The zero-order valence-corrected chi connectivity index (χ0v) is 13.3. The Morgan fingerprint density at radius 3 is 2.57 bits per heavy atom. The number of nitrogens with one attached hydrogen (secondary N) is 1. The summed E-state index contributed by atoms with van der Waals surface area (Å²) in [5.74, 6) is -0.693. The maximum Gasteiger partial charge on any atom is 0.573 e. The van der Waals surface area contributed by atoms with Gasteiger partial charge in [0.1, 0.15) is 0 Å². The van der Waals surface area contributed by atoms with Crippen molar-refractivity contribution in [2.75, 3.05) is 5.32 Å². The van der Waals surface area contributed by atoms with Crippen molar-refractivity contribution in [3.8, 4) is 5.75 Å². The summed E-state index contributed by atoms with van der Waals surface area (Å²) in [5.41, 5.74) is 5.99. The summed E-state index contributed by atoms with van der Waals surface area (Å²) >= 11 is 0. The van der Waals surface area contributed by atoms with Gasteiger partial charge in [0.2, 0.25) is 5.91 Å². The number of rotatable bonds is 4. The maximum atomic E-state index is 12.3. The van der Waals surface area contributed by atoms with Gasteiger partial charge in [0.25, 0.3) is 0 Å². The van der Waals surface area contributed by atoms with Crippen molar-refractivity contribution < 1.29 is 22.7 Å². The number of benzene rings is 1. The third kappa shape index (κ3) is 6.27. The largest absolute Gasteiger partial charge is 0.573 e. The molecule has 0 bridgehead atoms. The Labute approximate surface area is 139 Å². The number of nitrogens with two attached hydrogens (primary N) is 1. The molecule has 3 N–H and O–H groups in total. The summed E-state index contributed by atoms with van der Waals surface area (Å²) in [7, 11) is 0. The number of hydrogen-bond acceptors (Lipinski definition) is 3. The maximum absolute atomic E-state index is 12.3. The number of hydrogen-bond donors (Lipinski definition) is 2. The normalized spacial score (nSPS) is 21.2. The van der Waals surface area contributed by atoms with Gasteiger partial charge in [0, 0.05) is 12.5 Å². The lowest BCUT2D eigenvalue weighted by Crippen LogP contribution is -2.35. The van der Waals surface area contributed by atoms with E-state index in [0.717, 1.165) is 31.7 Å². The van der Waals surface area contributed by atoms with Gasteiger partial charge in [-0.2, -0.15) is 0 Å². The highest BCUT2D eigenvalue weighted by Crippen LogP contribution is 2.31. The van der Waals surface area contributed by atoms with Crippen LogP contribution in [0.5, 0.6) is 5.75 Å². The van der Waals surface area contributed by atoms with E-state index < -0.39 is 12.1 Å². The first-order valence-electron chi connectivity index (χ1n) is 7.25. The van der Waals surface area contributed by atoms with Crippen molar-refractivity contribution >= 4 is 24.0 Å². The predicted octanol–water partition coefficient (Wildman–Crippen LogP) is 3.85. The average molecular weight is 353 g/mol. The summed E-state index contributed by atoms with van der Waals surface area (Å²) in [4.78, 5) is 12.0. The lowest BCUT2D eigenvalue weighted by molar-refractivity contribution is -0.274. The van der Waals surface area contributed by atoms with Gasteiger partial charge in [0.15, 0.2) is 5.75 Å². The summed E-state index contributed by atoms with van der Waals surface area (Å²) in [6, 6.07) is 5.45. The summed E-state index contributed by atoms with van der Waals surface area (Å²) in [6.45, 7) is 0. The highest BCUT2D eigenvalue weighted by Gasteiger charge is 2.32. The fourth-order valence-electron chi connectivity index (χ4n) is 2.71. The van der Waals surface area contributed by atoms with Crippen LogP contribution in [-0.4, -0.2) is 18.3 Å². The molecule has 130 valence electrons. The monoisotopic (exact) mass is 352 g/mol. The van der Waals surface area contributed by atoms with Gasteiger partial charge >= 0.3 is 6.36 Å². The lowest BCUT2D eigenvalue weighted by atomic mass is 9.83. The van der Waals surface area contributed by atoms with Crippen LogP contribution in [0.2, 0.25) is 0 Å². The molecule has 0 radical (unpaired) electrons. The van der Waals surface area contributed by atoms with E-state index in [4.69, 9.17) is 5.73 Å². The average Bonchev–Trinajstić information content (AvgIpc) is 2.42. The quantitative estimate of drug-likeness (QED) is 0.865. The molecule has 0 spiro atoms. The number of halogens is 4. The van der Waals surface area contributed by atoms with Gasteiger partial charge in [-0.25, -0.2) is 0 Å². The topological polar surface area (TPSA) is 64.4 Å². The van der Waals surface area contributed by atoms with Crippen LogP contribution in [0.1, 0.15) is 32.1 Å². The molecule has 2 unspecified atom stereocenters. The molecule has 0 aliphatic heterocycles. The summed E-state index contributed by atoms with van der Waals surface area (Å²) < 4.78 is 40.9. The van der Waals surface area contributed by atoms with Crippen LogP contribution in [0.4, 0.5) is 18.9 Å². The van der Waals surface area contributed by atoms with E-state index in [0.29, 0.717) is 0 Å². The molecule has 1 amide bonds. The highest BCUT2D eigenvalue weighted by atomic mass is 35.5. The standard InChI is InChI=1S/C15H19F3N2O2.ClH/c16-15(17,18)22-13-8-4-3-7-12(13)20-14(21)9-10-5-1-2-6-11(10)19;/h3-4,7-8,10-11H,1-2,5-6,9,19H2,(H,20,21);1H. The van der Waals surface area contributed by atoms with Crippen molar-refractivity contribution in [3.05, 3.63) is 24.3 Å². The van der Waals surface area contributed by atoms with Gasteiger partial charge in [-0.05, 0) is 30.9 Å². The molecule has 8 heteroatoms. The smallest absolute Gasteiger partial charge is 0.404 e. The highest BCUT2D eigenvalue weighted by molar-refractivity contribution is 5.92. The second-order valence-electron chi connectivity index (χ2n) is 5.50. The number of para-hydroxylation sites is 2. The molecule has 23 heavy (non-hydrogen) atoms. The molecule has 1 aromatic carbocycles. The molecule has 1 aliphatic carbocycles. The number of ether oxygens (including phenoxy) is 1. The molecule has 0 aromatic heterocycles. The van der Waals surface area contributed by atoms with Gasteiger partial charge in [0.05, 0.1) is 5.69 Å². The molecule has 1 aromatic rings. The van der Waals surface area contributed by atoms with Gasteiger partial charge in [-0.15, -0.1) is 25.6 Å². The van der Waals surface area contributed by atoms with E-state index >= 15 is 0 Å². The zero-order chi connectivity index (χ0) is 16.2. The van der Waals surface area contributed by atoms with Gasteiger partial charge in [-0.1, -0.05) is 25.0 Å². The number of anilines is 1. The van der Waals surface area contributed by atoms with E-state index in [2.05, 4.69) is 10.1 Å². The fourth-order valence-corrected chi connectivity index (χ4v) is 2.71. The van der Waals surface area contributed by atoms with E-state index in [9.17, 15) is 18.0 Å². The van der Waals surface area contributed by atoms with Crippen LogP contribution in [0.3, 0.4) is 0 Å². The van der Waals surface area contributed by atoms with Crippen LogP contribution in [-0.2, 0) is 4.79 Å². The molecule has 2 rings (SSSR count). The van der Waals surface area contributed by atoms with Crippen LogP contribution in [0, 0.1) is 5.92 Å². The number of carbonyl (C=O) groups is 1. The lowest BCUT2D eigenvalue weighted by Gasteiger charge is -2.28. The first-order chi connectivity index (χ1) is 10.3. The Kier molecular flexibility index (Phi) is 7.15. The molecule has 4 nitrogen and oxygen atoms in total. The molecular weight excluding hydrogens is 333 g/mol. The van der Waals surface area contributed by atoms with Crippen molar-refractivity contribution in [2.24, 2.45) is 11.7 Å². The molecule has 1 fully saturated rings. The SMILES string of the molecule is Cl.NC1CCCCC1CC(=O)Nc1ccccc1OC(F)(F)F. The number of amides is 1. The van der Waals surface area contributed by atoms with Crippen molar-refractivity contribution in [1.29, 1.82) is 0 Å². The van der Waals surface area contributed by atoms with Crippen LogP contribution in [0.25, 0.3) is 0 Å². The Morgan fingerprint density at radius 1 is 1.26 bits per heavy atom. The molecule has 1 aliphatic rings. The van der Waals surface area contributed by atoms with Crippen LogP contribution in [0.15, 0.2) is 24.3 Å². The van der Waals surface area contributed by atoms with Gasteiger partial charge < -0.3 is 15.8 Å². The van der Waals surface area contributed by atoms with Crippen molar-refractivity contribution in [3.63, 3.8) is 0 Å². The molecule has 1 saturated carbocycles. The zero-order valence-electron chi connectivity index (χ0n) is 12.4. The molecule has 0 saturated heterocycles. The minimum absolute atomic E-state index is 0. The Hall–Kier alpha value is -1.47. The first kappa shape index (κ1) is 19.6. The second-order valence-corrected chi connectivity index (χ2v) is 5.50. The second kappa shape index (κ2) is 8.40. The third-order valence-electron chi connectivity index (χ3n) is 3.80. The summed E-state index contributed by atoms with van der Waals surface area (Å²) in [5, 5.41) is 2.48. The van der Waals surface area contributed by atoms with Crippen LogP contribution < -0.4 is 15.8 Å². The number of carbonyl (C=O) groups excluding carboxylic acids is 1. The predicted molar refractivity (Wildman–Crippen MR) is 83.6 cm³/mol. The minimum Gasteiger partial charge on any atom is -0.404 e. The molecular formula is C15H20ClF3N2O2. The summed E-state index contributed by atoms with van der Waals surface area (Å²) in [6.07, 6.45) is -0.754. The van der Waals surface area contributed by atoms with E-state index in [-0.39, 0.29) is 42.4 Å². The first-order valence-corrected chi connectivity index (χ1v) is 7.25. The minimum atomic E-state index is -4.80. The number of alkyl halides is 3. The molecule has 2 atom stereocenters. The third-order valence-corrected chi connectivity index (χ3v) is 3.80.